The summed E-state index contributed by atoms with van der Waals surface area (Å²) in [5, 5.41) is 0. The number of furan rings is 1. The SMILES string of the molecule is N.NCc1ccco1. The predicted molar refractivity (Wildman–Crippen MR) is 31.6 cm³/mol. The fourth-order valence-electron chi connectivity index (χ4n) is 0.429. The Hall–Kier alpha value is -0.800. The first-order valence-corrected chi connectivity index (χ1v) is 2.16. The second-order valence-corrected chi connectivity index (χ2v) is 1.28. The summed E-state index contributed by atoms with van der Waals surface area (Å²) < 4.78 is 4.86. The summed E-state index contributed by atoms with van der Waals surface area (Å²) in [5.74, 6) is 0.833. The maximum Gasteiger partial charge on any atom is 0.117 e. The van der Waals surface area contributed by atoms with Gasteiger partial charge in [-0.15, -0.1) is 0 Å². The molecule has 1 heterocycles. The Morgan fingerprint density at radius 3 is 2.62 bits per heavy atom. The van der Waals surface area contributed by atoms with Crippen LogP contribution in [0.1, 0.15) is 5.76 Å². The van der Waals surface area contributed by atoms with Crippen LogP contribution in [0.3, 0.4) is 0 Å². The summed E-state index contributed by atoms with van der Waals surface area (Å²) in [7, 11) is 0. The van der Waals surface area contributed by atoms with Crippen LogP contribution in [0.2, 0.25) is 0 Å². The molecule has 8 heavy (non-hydrogen) atoms. The lowest BCUT2D eigenvalue weighted by Gasteiger charge is -1.80. The highest BCUT2D eigenvalue weighted by molar-refractivity contribution is 4.96. The van der Waals surface area contributed by atoms with Crippen LogP contribution in [0, 0.1) is 0 Å². The average molecular weight is 114 g/mol. The monoisotopic (exact) mass is 114 g/mol. The zero-order valence-electron chi connectivity index (χ0n) is 4.63. The average Bonchev–Trinajstić information content (AvgIpc) is 2.14. The minimum absolute atomic E-state index is 0. The quantitative estimate of drug-likeness (QED) is 0.569. The summed E-state index contributed by atoms with van der Waals surface area (Å²) in [4.78, 5) is 0. The molecular weight excluding hydrogens is 104 g/mol. The largest absolute Gasteiger partial charge is 0.468 e. The Labute approximate surface area is 48.1 Å². The van der Waals surface area contributed by atoms with Crippen molar-refractivity contribution in [2.24, 2.45) is 5.73 Å². The van der Waals surface area contributed by atoms with Gasteiger partial charge in [-0.3, -0.25) is 0 Å². The fourth-order valence-corrected chi connectivity index (χ4v) is 0.429. The first kappa shape index (κ1) is 7.20. The fraction of sp³-hybridized carbons (Fsp3) is 0.200. The smallest absolute Gasteiger partial charge is 0.117 e. The molecule has 0 atom stereocenters. The predicted octanol–water partition coefficient (Wildman–Crippen LogP) is 0.900. The van der Waals surface area contributed by atoms with Crippen LogP contribution < -0.4 is 11.9 Å². The van der Waals surface area contributed by atoms with E-state index in [9.17, 15) is 0 Å². The molecule has 0 aliphatic carbocycles. The van der Waals surface area contributed by atoms with Crippen molar-refractivity contribution in [1.82, 2.24) is 6.15 Å². The van der Waals surface area contributed by atoms with E-state index in [-0.39, 0.29) is 6.15 Å². The van der Waals surface area contributed by atoms with Crippen molar-refractivity contribution in [3.05, 3.63) is 24.2 Å². The Bertz CT molecular complexity index is 125. The maximum atomic E-state index is 5.20. The van der Waals surface area contributed by atoms with E-state index in [1.54, 1.807) is 6.26 Å². The van der Waals surface area contributed by atoms with Crippen LogP contribution in [0.4, 0.5) is 0 Å². The van der Waals surface area contributed by atoms with Gasteiger partial charge in [0.25, 0.3) is 0 Å². The molecule has 0 radical (unpaired) electrons. The van der Waals surface area contributed by atoms with Crippen LogP contribution in [-0.2, 0) is 6.54 Å². The molecule has 1 aromatic rings. The van der Waals surface area contributed by atoms with Crippen LogP contribution in [-0.4, -0.2) is 0 Å². The molecule has 0 amide bonds. The number of hydrogen-bond acceptors (Lipinski definition) is 3. The molecule has 5 N–H and O–H groups in total. The van der Waals surface area contributed by atoms with Gasteiger partial charge >= 0.3 is 0 Å². The van der Waals surface area contributed by atoms with E-state index in [1.807, 2.05) is 12.1 Å². The van der Waals surface area contributed by atoms with Crippen molar-refractivity contribution in [2.45, 2.75) is 6.54 Å². The first-order chi connectivity index (χ1) is 3.43. The molecule has 0 saturated carbocycles. The molecule has 0 spiro atoms. The van der Waals surface area contributed by atoms with Crippen LogP contribution in [0.25, 0.3) is 0 Å². The van der Waals surface area contributed by atoms with Gasteiger partial charge in [-0.25, -0.2) is 0 Å². The van der Waals surface area contributed by atoms with E-state index in [4.69, 9.17) is 10.2 Å². The van der Waals surface area contributed by atoms with Crippen LogP contribution in [0.15, 0.2) is 22.8 Å². The van der Waals surface area contributed by atoms with Crippen molar-refractivity contribution in [3.8, 4) is 0 Å². The molecule has 0 bridgehead atoms. The zero-order valence-corrected chi connectivity index (χ0v) is 4.63. The summed E-state index contributed by atoms with van der Waals surface area (Å²) in [6.45, 7) is 0.493. The minimum Gasteiger partial charge on any atom is -0.468 e. The van der Waals surface area contributed by atoms with Gasteiger partial charge in [0, 0.05) is 0 Å². The van der Waals surface area contributed by atoms with Gasteiger partial charge < -0.3 is 16.3 Å². The molecule has 0 fully saturated rings. The highest BCUT2D eigenvalue weighted by Crippen LogP contribution is 1.95. The standard InChI is InChI=1S/C5H7NO.H3N/c6-4-5-2-1-3-7-5;/h1-3H,4,6H2;1H3. The Balaban J connectivity index is 0.000000490. The van der Waals surface area contributed by atoms with E-state index in [1.165, 1.54) is 0 Å². The normalized spacial score (nSPS) is 8.12. The molecule has 1 aromatic heterocycles. The molecular formula is C5H10N2O. The molecule has 0 saturated heterocycles. The third-order valence-electron chi connectivity index (χ3n) is 0.781. The Morgan fingerprint density at radius 1 is 1.62 bits per heavy atom. The van der Waals surface area contributed by atoms with Crippen LogP contribution in [0.5, 0.6) is 0 Å². The molecule has 0 unspecified atom stereocenters. The summed E-state index contributed by atoms with van der Waals surface area (Å²) in [5.41, 5.74) is 5.20. The lowest BCUT2D eigenvalue weighted by molar-refractivity contribution is 0.512. The topological polar surface area (TPSA) is 74.2 Å². The lowest BCUT2D eigenvalue weighted by atomic mass is 10.5. The zero-order chi connectivity index (χ0) is 5.11. The Morgan fingerprint density at radius 2 is 2.38 bits per heavy atom. The minimum atomic E-state index is 0. The maximum absolute atomic E-state index is 5.20. The second-order valence-electron chi connectivity index (χ2n) is 1.28. The molecule has 0 aliphatic heterocycles. The third kappa shape index (κ3) is 1.36. The highest BCUT2D eigenvalue weighted by atomic mass is 16.3. The van der Waals surface area contributed by atoms with Crippen LogP contribution >= 0.6 is 0 Å². The molecule has 1 rings (SSSR count). The van der Waals surface area contributed by atoms with Gasteiger partial charge in [-0.2, -0.15) is 0 Å². The first-order valence-electron chi connectivity index (χ1n) is 2.16. The molecule has 3 nitrogen and oxygen atoms in total. The van der Waals surface area contributed by atoms with Gasteiger partial charge in [0.1, 0.15) is 5.76 Å². The van der Waals surface area contributed by atoms with Crippen molar-refractivity contribution in [3.63, 3.8) is 0 Å². The Kier molecular flexibility index (Phi) is 2.91. The van der Waals surface area contributed by atoms with Gasteiger partial charge in [0.2, 0.25) is 0 Å². The third-order valence-corrected chi connectivity index (χ3v) is 0.781. The van der Waals surface area contributed by atoms with E-state index in [0.717, 1.165) is 5.76 Å². The number of rotatable bonds is 1. The molecule has 0 aromatic carbocycles. The van der Waals surface area contributed by atoms with Crippen molar-refractivity contribution in [1.29, 1.82) is 0 Å². The van der Waals surface area contributed by atoms with E-state index >= 15 is 0 Å². The van der Waals surface area contributed by atoms with Crippen molar-refractivity contribution < 1.29 is 4.42 Å². The second kappa shape index (κ2) is 3.23. The van der Waals surface area contributed by atoms with E-state index in [2.05, 4.69) is 0 Å². The molecule has 3 heteroatoms. The number of hydrogen-bond donors (Lipinski definition) is 2. The van der Waals surface area contributed by atoms with E-state index in [0.29, 0.717) is 6.54 Å². The van der Waals surface area contributed by atoms with Gasteiger partial charge in [-0.1, -0.05) is 0 Å². The summed E-state index contributed by atoms with van der Waals surface area (Å²) >= 11 is 0. The highest BCUT2D eigenvalue weighted by Gasteiger charge is 1.84. The van der Waals surface area contributed by atoms with Gasteiger partial charge in [0.15, 0.2) is 0 Å². The van der Waals surface area contributed by atoms with Gasteiger partial charge in [0.05, 0.1) is 12.8 Å². The van der Waals surface area contributed by atoms with Crippen molar-refractivity contribution >= 4 is 0 Å². The molecule has 0 aliphatic rings. The lowest BCUT2D eigenvalue weighted by Crippen LogP contribution is -1.92. The summed E-state index contributed by atoms with van der Waals surface area (Å²) in [6.07, 6.45) is 1.61. The van der Waals surface area contributed by atoms with Crippen molar-refractivity contribution in [2.75, 3.05) is 0 Å². The number of nitrogens with two attached hydrogens (primary N) is 1. The van der Waals surface area contributed by atoms with E-state index < -0.39 is 0 Å². The molecule has 46 valence electrons. The summed E-state index contributed by atoms with van der Waals surface area (Å²) in [6, 6.07) is 3.67. The van der Waals surface area contributed by atoms with Gasteiger partial charge in [-0.05, 0) is 12.1 Å².